The van der Waals surface area contributed by atoms with Crippen molar-refractivity contribution in [1.29, 1.82) is 0 Å². The van der Waals surface area contributed by atoms with Gasteiger partial charge in [0, 0.05) is 6.20 Å². The lowest BCUT2D eigenvalue weighted by Crippen LogP contribution is -2.18. The summed E-state index contributed by atoms with van der Waals surface area (Å²) in [6.07, 6.45) is 1.42. The van der Waals surface area contributed by atoms with E-state index in [1.165, 1.54) is 11.1 Å². The molecule has 0 aliphatic carbocycles. The fraction of sp³-hybridized carbons (Fsp3) is 0.100. The zero-order chi connectivity index (χ0) is 9.68. The molecule has 2 nitrogen and oxygen atoms in total. The Bertz CT molecular complexity index is 297. The molecule has 0 heterocycles. The molecule has 1 rings (SSSR count). The Labute approximate surface area is 82.4 Å². The van der Waals surface area contributed by atoms with Crippen LogP contribution in [0.25, 0.3) is 0 Å². The Morgan fingerprint density at radius 3 is 2.54 bits per heavy atom. The van der Waals surface area contributed by atoms with Gasteiger partial charge >= 0.3 is 5.37 Å². The molecule has 0 atom stereocenters. The molecule has 1 aromatic rings. The summed E-state index contributed by atoms with van der Waals surface area (Å²) in [7, 11) is 0. The molecule has 0 aromatic heterocycles. The second kappa shape index (κ2) is 4.67. The average Bonchev–Trinajstić information content (AvgIpc) is 2.15. The van der Waals surface area contributed by atoms with Crippen LogP contribution in [0.3, 0.4) is 0 Å². The van der Waals surface area contributed by atoms with Crippen LogP contribution in [-0.4, -0.2) is 10.3 Å². The van der Waals surface area contributed by atoms with E-state index >= 15 is 0 Å². The van der Waals surface area contributed by atoms with Crippen LogP contribution in [0.5, 0.6) is 0 Å². The van der Waals surface area contributed by atoms with E-state index in [0.29, 0.717) is 6.54 Å². The summed E-state index contributed by atoms with van der Waals surface area (Å²) in [5, 5.41) is -0.515. The lowest BCUT2D eigenvalue weighted by atomic mass is 10.2. The third-order valence-corrected chi connectivity index (χ3v) is 1.86. The summed E-state index contributed by atoms with van der Waals surface area (Å²) in [6, 6.07) is 9.60. The van der Waals surface area contributed by atoms with Crippen LogP contribution in [-0.2, 0) is 6.54 Å². The first kappa shape index (κ1) is 9.81. The zero-order valence-electron chi connectivity index (χ0n) is 7.11. The summed E-state index contributed by atoms with van der Waals surface area (Å²) in [5.41, 5.74) is 1.02. The second-order valence-corrected chi connectivity index (χ2v) is 2.87. The highest BCUT2D eigenvalue weighted by Crippen LogP contribution is 2.06. The van der Waals surface area contributed by atoms with E-state index in [0.717, 1.165) is 5.56 Å². The fourth-order valence-corrected chi connectivity index (χ4v) is 1.11. The largest absolute Gasteiger partial charge is 0.320 e. The Kier molecular flexibility index (Phi) is 3.53. The van der Waals surface area contributed by atoms with Gasteiger partial charge < -0.3 is 4.90 Å². The Balaban J connectivity index is 2.67. The highest BCUT2D eigenvalue weighted by molar-refractivity contribution is 6.62. The van der Waals surface area contributed by atoms with Gasteiger partial charge in [-0.25, -0.2) is 0 Å². The highest BCUT2D eigenvalue weighted by Gasteiger charge is 2.05. The normalized spacial score (nSPS) is 9.31. The van der Waals surface area contributed by atoms with Crippen LogP contribution in [0.4, 0.5) is 4.79 Å². The molecule has 0 spiro atoms. The number of nitrogens with zero attached hydrogens (tertiary/aromatic N) is 1. The molecule has 1 amide bonds. The standard InChI is InChI=1S/C10H10ClNO/c1-2-12(10(11)13)8-9-6-4-3-5-7-9/h2-7H,1,8H2. The smallest absolute Gasteiger partial charge is 0.302 e. The number of amides is 1. The number of hydrogen-bond donors (Lipinski definition) is 0. The molecule has 13 heavy (non-hydrogen) atoms. The van der Waals surface area contributed by atoms with Gasteiger partial charge in [0.2, 0.25) is 0 Å². The fourth-order valence-electron chi connectivity index (χ4n) is 0.979. The highest BCUT2D eigenvalue weighted by atomic mass is 35.5. The summed E-state index contributed by atoms with van der Waals surface area (Å²) in [5.74, 6) is 0. The monoisotopic (exact) mass is 195 g/mol. The van der Waals surface area contributed by atoms with Crippen molar-refractivity contribution in [3.05, 3.63) is 48.7 Å². The SMILES string of the molecule is C=CN(Cc1ccccc1)C(=O)Cl. The van der Waals surface area contributed by atoms with Crippen molar-refractivity contribution in [3.63, 3.8) is 0 Å². The number of carbonyl (C=O) groups is 1. The summed E-state index contributed by atoms with van der Waals surface area (Å²) in [6.45, 7) is 3.96. The van der Waals surface area contributed by atoms with Gasteiger partial charge in [-0.1, -0.05) is 36.9 Å². The second-order valence-electron chi connectivity index (χ2n) is 2.55. The average molecular weight is 196 g/mol. The molecule has 0 saturated carbocycles. The molecule has 0 aliphatic rings. The number of benzene rings is 1. The molecule has 0 aliphatic heterocycles. The molecule has 0 bridgehead atoms. The minimum Gasteiger partial charge on any atom is -0.302 e. The zero-order valence-corrected chi connectivity index (χ0v) is 7.87. The maximum absolute atomic E-state index is 10.8. The lowest BCUT2D eigenvalue weighted by molar-refractivity contribution is 0.236. The Morgan fingerprint density at radius 2 is 2.08 bits per heavy atom. The van der Waals surface area contributed by atoms with Crippen LogP contribution in [0.2, 0.25) is 0 Å². The van der Waals surface area contributed by atoms with Gasteiger partial charge in [-0.05, 0) is 17.2 Å². The molecule has 1 aromatic carbocycles. The van der Waals surface area contributed by atoms with Gasteiger partial charge in [-0.15, -0.1) is 0 Å². The molecule has 0 saturated heterocycles. The molecular weight excluding hydrogens is 186 g/mol. The molecule has 3 heteroatoms. The maximum Gasteiger partial charge on any atom is 0.320 e. The van der Waals surface area contributed by atoms with Crippen molar-refractivity contribution in [2.45, 2.75) is 6.54 Å². The number of carbonyl (C=O) groups excluding carboxylic acids is 1. The van der Waals surface area contributed by atoms with Crippen LogP contribution in [0.1, 0.15) is 5.56 Å². The van der Waals surface area contributed by atoms with E-state index in [-0.39, 0.29) is 0 Å². The van der Waals surface area contributed by atoms with Crippen molar-refractivity contribution in [3.8, 4) is 0 Å². The molecular formula is C10H10ClNO. The molecule has 0 fully saturated rings. The molecule has 68 valence electrons. The summed E-state index contributed by atoms with van der Waals surface area (Å²) < 4.78 is 0. The minimum absolute atomic E-state index is 0.465. The minimum atomic E-state index is -0.515. The number of hydrogen-bond acceptors (Lipinski definition) is 1. The van der Waals surface area contributed by atoms with Crippen molar-refractivity contribution < 1.29 is 4.79 Å². The molecule has 0 N–H and O–H groups in total. The lowest BCUT2D eigenvalue weighted by Gasteiger charge is -2.13. The van der Waals surface area contributed by atoms with Crippen LogP contribution >= 0.6 is 11.6 Å². The maximum atomic E-state index is 10.8. The topological polar surface area (TPSA) is 20.3 Å². The Hall–Kier alpha value is -1.28. The van der Waals surface area contributed by atoms with Gasteiger partial charge in [0.05, 0.1) is 6.54 Å². The number of rotatable bonds is 3. The van der Waals surface area contributed by atoms with Gasteiger partial charge in [0.25, 0.3) is 0 Å². The van der Waals surface area contributed by atoms with E-state index in [4.69, 9.17) is 11.6 Å². The van der Waals surface area contributed by atoms with Crippen molar-refractivity contribution in [2.75, 3.05) is 0 Å². The van der Waals surface area contributed by atoms with Gasteiger partial charge in [-0.2, -0.15) is 0 Å². The first-order valence-electron chi connectivity index (χ1n) is 3.86. The van der Waals surface area contributed by atoms with Crippen molar-refractivity contribution in [1.82, 2.24) is 4.90 Å². The molecule has 0 radical (unpaired) electrons. The van der Waals surface area contributed by atoms with Gasteiger partial charge in [-0.3, -0.25) is 4.79 Å². The van der Waals surface area contributed by atoms with E-state index in [9.17, 15) is 4.79 Å². The third kappa shape index (κ3) is 2.92. The van der Waals surface area contributed by atoms with E-state index < -0.39 is 5.37 Å². The third-order valence-electron chi connectivity index (χ3n) is 1.64. The quantitative estimate of drug-likeness (QED) is 0.537. The van der Waals surface area contributed by atoms with Crippen LogP contribution < -0.4 is 0 Å². The van der Waals surface area contributed by atoms with Crippen molar-refractivity contribution >= 4 is 17.0 Å². The van der Waals surface area contributed by atoms with E-state index in [1.807, 2.05) is 30.3 Å². The molecule has 0 unspecified atom stereocenters. The predicted molar refractivity (Wildman–Crippen MR) is 53.4 cm³/mol. The Morgan fingerprint density at radius 1 is 1.46 bits per heavy atom. The van der Waals surface area contributed by atoms with E-state index in [2.05, 4.69) is 6.58 Å². The first-order chi connectivity index (χ1) is 6.24. The predicted octanol–water partition coefficient (Wildman–Crippen LogP) is 2.99. The summed E-state index contributed by atoms with van der Waals surface area (Å²) >= 11 is 5.31. The van der Waals surface area contributed by atoms with Crippen molar-refractivity contribution in [2.24, 2.45) is 0 Å². The van der Waals surface area contributed by atoms with Crippen LogP contribution in [0.15, 0.2) is 43.1 Å². The summed E-state index contributed by atoms with van der Waals surface area (Å²) in [4.78, 5) is 12.1. The van der Waals surface area contributed by atoms with Gasteiger partial charge in [0.1, 0.15) is 0 Å². The van der Waals surface area contributed by atoms with Gasteiger partial charge in [0.15, 0.2) is 0 Å². The first-order valence-corrected chi connectivity index (χ1v) is 4.24. The van der Waals surface area contributed by atoms with Crippen LogP contribution in [0, 0.1) is 0 Å². The number of halogens is 1. The van der Waals surface area contributed by atoms with E-state index in [1.54, 1.807) is 0 Å².